The first-order chi connectivity index (χ1) is 7.11. The van der Waals surface area contributed by atoms with Crippen molar-refractivity contribution in [1.29, 1.82) is 0 Å². The Labute approximate surface area is 102 Å². The molecule has 0 aliphatic heterocycles. The number of rotatable bonds is 0. The summed E-state index contributed by atoms with van der Waals surface area (Å²) in [6.07, 6.45) is 0. The first-order valence-corrected chi connectivity index (χ1v) is 5.56. The van der Waals surface area contributed by atoms with E-state index in [0.29, 0.717) is 10.7 Å². The van der Waals surface area contributed by atoms with Crippen LogP contribution in [0.25, 0.3) is 15.6 Å². The van der Waals surface area contributed by atoms with Gasteiger partial charge in [0.05, 0.1) is 11.6 Å². The normalized spacial score (nSPS) is 10.3. The van der Waals surface area contributed by atoms with Crippen LogP contribution in [0.4, 0.5) is 5.69 Å². The van der Waals surface area contributed by atoms with Gasteiger partial charge in [-0.2, -0.15) is 0 Å². The zero-order chi connectivity index (χ0) is 11.0. The molecular weight excluding hydrogens is 273 g/mol. The molecule has 0 atom stereocenters. The van der Waals surface area contributed by atoms with Crippen molar-refractivity contribution in [1.82, 2.24) is 0 Å². The minimum atomic E-state index is 0.669. The van der Waals surface area contributed by atoms with Gasteiger partial charge in [-0.25, -0.2) is 4.85 Å². The van der Waals surface area contributed by atoms with Crippen molar-refractivity contribution in [2.24, 2.45) is 0 Å². The minimum absolute atomic E-state index is 0.669. The minimum Gasteiger partial charge on any atom is -0.238 e. The van der Waals surface area contributed by atoms with E-state index in [4.69, 9.17) is 18.2 Å². The molecule has 2 aromatic carbocycles. The van der Waals surface area contributed by atoms with E-state index in [2.05, 4.69) is 20.8 Å². The van der Waals surface area contributed by atoms with Crippen LogP contribution in [0.15, 0.2) is 28.7 Å². The van der Waals surface area contributed by atoms with E-state index in [0.717, 1.165) is 20.8 Å². The number of hydrogen-bond donors (Lipinski definition) is 0. The molecule has 0 fully saturated rings. The first-order valence-electron chi connectivity index (χ1n) is 4.38. The summed E-state index contributed by atoms with van der Waals surface area (Å²) in [5.74, 6) is 0. The average Bonchev–Trinajstić information content (AvgIpc) is 2.20. The number of benzene rings is 2. The van der Waals surface area contributed by atoms with Gasteiger partial charge in [-0.15, -0.1) is 0 Å². The third-order valence-electron chi connectivity index (χ3n) is 2.31. The van der Waals surface area contributed by atoms with Crippen LogP contribution in [0.3, 0.4) is 0 Å². The Morgan fingerprint density at radius 1 is 1.20 bits per heavy atom. The van der Waals surface area contributed by atoms with E-state index in [-0.39, 0.29) is 0 Å². The van der Waals surface area contributed by atoms with Gasteiger partial charge < -0.3 is 0 Å². The first kappa shape index (κ1) is 10.5. The number of nitrogens with zero attached hydrogens (tertiary/aromatic N) is 1. The van der Waals surface area contributed by atoms with Gasteiger partial charge in [0.2, 0.25) is 0 Å². The Morgan fingerprint density at radius 2 is 1.87 bits per heavy atom. The SMILES string of the molecule is [C-]#[N+]c1cc2cc(Cl)c(Br)cc2cc1C. The van der Waals surface area contributed by atoms with Crippen molar-refractivity contribution in [3.63, 3.8) is 0 Å². The average molecular weight is 281 g/mol. The van der Waals surface area contributed by atoms with E-state index in [1.165, 1.54) is 0 Å². The van der Waals surface area contributed by atoms with Crippen LogP contribution in [0, 0.1) is 13.5 Å². The van der Waals surface area contributed by atoms with Crippen LogP contribution in [-0.4, -0.2) is 0 Å². The monoisotopic (exact) mass is 279 g/mol. The van der Waals surface area contributed by atoms with Crippen LogP contribution < -0.4 is 0 Å². The largest absolute Gasteiger partial charge is 0.238 e. The van der Waals surface area contributed by atoms with Crippen LogP contribution in [0.1, 0.15) is 5.56 Å². The summed E-state index contributed by atoms with van der Waals surface area (Å²) in [6.45, 7) is 8.98. The van der Waals surface area contributed by atoms with Gasteiger partial charge >= 0.3 is 0 Å². The summed E-state index contributed by atoms with van der Waals surface area (Å²) in [5.41, 5.74) is 1.67. The molecule has 0 saturated heterocycles. The molecule has 0 bridgehead atoms. The van der Waals surface area contributed by atoms with E-state index in [1.807, 2.05) is 31.2 Å². The second-order valence-corrected chi connectivity index (χ2v) is 4.63. The lowest BCUT2D eigenvalue weighted by molar-refractivity contribution is 1.51. The van der Waals surface area contributed by atoms with Gasteiger partial charge in [0.15, 0.2) is 5.69 Å². The molecular formula is C12H7BrClN. The lowest BCUT2D eigenvalue weighted by atomic mass is 10.1. The smallest absolute Gasteiger partial charge is 0.190 e. The van der Waals surface area contributed by atoms with Crippen LogP contribution in [0.2, 0.25) is 5.02 Å². The molecule has 0 aliphatic rings. The highest BCUT2D eigenvalue weighted by Gasteiger charge is 2.04. The molecule has 0 radical (unpaired) electrons. The fourth-order valence-electron chi connectivity index (χ4n) is 1.52. The molecule has 0 aliphatic carbocycles. The van der Waals surface area contributed by atoms with E-state index in [1.54, 1.807) is 0 Å². The highest BCUT2D eigenvalue weighted by atomic mass is 79.9. The lowest BCUT2D eigenvalue weighted by Gasteiger charge is -2.04. The van der Waals surface area contributed by atoms with Crippen molar-refractivity contribution in [2.45, 2.75) is 6.92 Å². The van der Waals surface area contributed by atoms with Crippen LogP contribution in [0.5, 0.6) is 0 Å². The molecule has 0 saturated carbocycles. The fourth-order valence-corrected chi connectivity index (χ4v) is 2.05. The van der Waals surface area contributed by atoms with Gasteiger partial charge in [0, 0.05) is 4.47 Å². The number of hydrogen-bond acceptors (Lipinski definition) is 0. The summed E-state index contributed by atoms with van der Waals surface area (Å²) in [5, 5.41) is 2.76. The number of fused-ring (bicyclic) bond motifs is 1. The Kier molecular flexibility index (Phi) is 2.68. The molecule has 0 amide bonds. The van der Waals surface area contributed by atoms with Gasteiger partial charge in [-0.05, 0) is 57.4 Å². The zero-order valence-corrected chi connectivity index (χ0v) is 10.4. The second-order valence-electron chi connectivity index (χ2n) is 3.36. The molecule has 2 aromatic rings. The van der Waals surface area contributed by atoms with Crippen molar-refractivity contribution in [3.05, 3.63) is 50.7 Å². The summed E-state index contributed by atoms with van der Waals surface area (Å²) in [6, 6.07) is 7.72. The third kappa shape index (κ3) is 1.86. The third-order valence-corrected chi connectivity index (χ3v) is 3.51. The number of aryl methyl sites for hydroxylation is 1. The maximum absolute atomic E-state index is 7.04. The molecule has 15 heavy (non-hydrogen) atoms. The molecule has 0 unspecified atom stereocenters. The summed E-state index contributed by atoms with van der Waals surface area (Å²) >= 11 is 9.38. The Morgan fingerprint density at radius 3 is 2.53 bits per heavy atom. The van der Waals surface area contributed by atoms with Gasteiger partial charge in [-0.1, -0.05) is 17.7 Å². The second kappa shape index (κ2) is 3.84. The summed E-state index contributed by atoms with van der Waals surface area (Å²) in [4.78, 5) is 3.47. The van der Waals surface area contributed by atoms with E-state index < -0.39 is 0 Å². The predicted molar refractivity (Wildman–Crippen MR) is 67.7 cm³/mol. The molecule has 1 nitrogen and oxygen atoms in total. The van der Waals surface area contributed by atoms with Crippen molar-refractivity contribution in [2.75, 3.05) is 0 Å². The Balaban J connectivity index is 2.84. The maximum Gasteiger partial charge on any atom is 0.190 e. The Bertz CT molecular complexity index is 584. The highest BCUT2D eigenvalue weighted by molar-refractivity contribution is 9.10. The highest BCUT2D eigenvalue weighted by Crippen LogP contribution is 2.32. The molecule has 0 heterocycles. The van der Waals surface area contributed by atoms with Crippen molar-refractivity contribution < 1.29 is 0 Å². The molecule has 0 spiro atoms. The van der Waals surface area contributed by atoms with E-state index >= 15 is 0 Å². The van der Waals surface area contributed by atoms with E-state index in [9.17, 15) is 0 Å². The quantitative estimate of drug-likeness (QED) is 0.590. The van der Waals surface area contributed by atoms with Crippen molar-refractivity contribution >= 4 is 44.0 Å². The molecule has 2 rings (SSSR count). The van der Waals surface area contributed by atoms with Gasteiger partial charge in [0.25, 0.3) is 0 Å². The summed E-state index contributed by atoms with van der Waals surface area (Å²) < 4.78 is 0.881. The lowest BCUT2D eigenvalue weighted by Crippen LogP contribution is -1.78. The van der Waals surface area contributed by atoms with Crippen molar-refractivity contribution in [3.8, 4) is 0 Å². The van der Waals surface area contributed by atoms with Crippen LogP contribution >= 0.6 is 27.5 Å². The topological polar surface area (TPSA) is 4.36 Å². The predicted octanol–water partition coefficient (Wildman–Crippen LogP) is 5.11. The summed E-state index contributed by atoms with van der Waals surface area (Å²) in [7, 11) is 0. The molecule has 0 aromatic heterocycles. The van der Waals surface area contributed by atoms with Crippen LogP contribution in [-0.2, 0) is 0 Å². The van der Waals surface area contributed by atoms with Gasteiger partial charge in [0.1, 0.15) is 0 Å². The fraction of sp³-hybridized carbons (Fsp3) is 0.0833. The molecule has 3 heteroatoms. The Hall–Kier alpha value is -1.04. The number of halogens is 2. The maximum atomic E-state index is 7.04. The molecule has 74 valence electrons. The standard InChI is InChI=1S/C12H7BrClN/c1-7-3-8-4-10(13)11(14)5-9(8)6-12(7)15-2/h3-6H,1H3. The molecule has 0 N–H and O–H groups in total. The van der Waals surface area contributed by atoms with Gasteiger partial charge in [-0.3, -0.25) is 0 Å². The zero-order valence-electron chi connectivity index (χ0n) is 8.01.